The fraction of sp³-hybridized carbons (Fsp3) is 0.176. The molecule has 0 fully saturated rings. The third kappa shape index (κ3) is 5.00. The first-order chi connectivity index (χ1) is 11.1. The number of hydrogen-bond acceptors (Lipinski definition) is 3. The van der Waals surface area contributed by atoms with E-state index in [0.717, 1.165) is 5.56 Å². The summed E-state index contributed by atoms with van der Waals surface area (Å²) in [5.41, 5.74) is 1.32. The quantitative estimate of drug-likeness (QED) is 0.853. The zero-order chi connectivity index (χ0) is 16.7. The maximum Gasteiger partial charge on any atom is 0.251 e. The van der Waals surface area contributed by atoms with Gasteiger partial charge < -0.3 is 15.4 Å². The highest BCUT2D eigenvalue weighted by atomic mass is 35.5. The second kappa shape index (κ2) is 8.19. The van der Waals surface area contributed by atoms with Crippen LogP contribution in [-0.2, 0) is 11.3 Å². The van der Waals surface area contributed by atoms with Gasteiger partial charge in [-0.1, -0.05) is 29.8 Å². The molecular formula is C17H17ClN2O3. The summed E-state index contributed by atoms with van der Waals surface area (Å²) in [5.74, 6) is 0.102. The molecule has 2 rings (SSSR count). The molecule has 0 radical (unpaired) electrons. The molecule has 0 spiro atoms. The number of hydrogen-bond donors (Lipinski definition) is 2. The molecule has 0 saturated carbocycles. The van der Waals surface area contributed by atoms with Gasteiger partial charge in [0.2, 0.25) is 5.91 Å². The lowest BCUT2D eigenvalue weighted by molar-refractivity contribution is -0.120. The van der Waals surface area contributed by atoms with Crippen molar-refractivity contribution in [2.45, 2.75) is 6.54 Å². The zero-order valence-electron chi connectivity index (χ0n) is 12.6. The molecule has 2 aromatic carbocycles. The average molecular weight is 333 g/mol. The zero-order valence-corrected chi connectivity index (χ0v) is 13.4. The Hall–Kier alpha value is -2.53. The summed E-state index contributed by atoms with van der Waals surface area (Å²) in [7, 11) is 1.58. The molecule has 2 amide bonds. The van der Waals surface area contributed by atoms with E-state index in [9.17, 15) is 9.59 Å². The summed E-state index contributed by atoms with van der Waals surface area (Å²) in [6.45, 7) is 0.232. The molecule has 0 atom stereocenters. The number of halogens is 1. The Morgan fingerprint density at radius 2 is 1.74 bits per heavy atom. The second-order valence-corrected chi connectivity index (χ2v) is 5.21. The molecule has 2 N–H and O–H groups in total. The lowest BCUT2D eigenvalue weighted by Crippen LogP contribution is -2.36. The molecule has 120 valence electrons. The van der Waals surface area contributed by atoms with Crippen LogP contribution in [0.4, 0.5) is 0 Å². The smallest absolute Gasteiger partial charge is 0.251 e. The highest BCUT2D eigenvalue weighted by Gasteiger charge is 2.09. The predicted molar refractivity (Wildman–Crippen MR) is 88.6 cm³/mol. The lowest BCUT2D eigenvalue weighted by Gasteiger charge is -2.10. The van der Waals surface area contributed by atoms with Crippen LogP contribution in [0.25, 0.3) is 0 Å². The molecular weight excluding hydrogens is 316 g/mol. The summed E-state index contributed by atoms with van der Waals surface area (Å²) >= 11 is 5.76. The first-order valence-electron chi connectivity index (χ1n) is 7.02. The van der Waals surface area contributed by atoms with E-state index in [1.807, 2.05) is 24.3 Å². The molecule has 2 aromatic rings. The third-order valence-electron chi connectivity index (χ3n) is 3.18. The van der Waals surface area contributed by atoms with Gasteiger partial charge in [0.25, 0.3) is 5.91 Å². The molecule has 0 bridgehead atoms. The van der Waals surface area contributed by atoms with Crippen molar-refractivity contribution >= 4 is 23.4 Å². The van der Waals surface area contributed by atoms with Gasteiger partial charge in [0.05, 0.1) is 13.7 Å². The van der Waals surface area contributed by atoms with Crippen LogP contribution in [0.2, 0.25) is 5.02 Å². The van der Waals surface area contributed by atoms with Crippen LogP contribution in [0.1, 0.15) is 15.9 Å². The van der Waals surface area contributed by atoms with Gasteiger partial charge in [-0.25, -0.2) is 0 Å². The van der Waals surface area contributed by atoms with Gasteiger partial charge in [-0.05, 0) is 30.3 Å². The maximum atomic E-state index is 11.9. The SMILES string of the molecule is COc1ccccc1CNC(=O)CNC(=O)c1ccc(Cl)cc1. The van der Waals surface area contributed by atoms with Crippen molar-refractivity contribution in [1.82, 2.24) is 10.6 Å². The molecule has 0 aliphatic heterocycles. The predicted octanol–water partition coefficient (Wildman–Crippen LogP) is 2.39. The molecule has 0 aliphatic rings. The number of benzene rings is 2. The molecule has 6 heteroatoms. The van der Waals surface area contributed by atoms with E-state index in [2.05, 4.69) is 10.6 Å². The summed E-state index contributed by atoms with van der Waals surface area (Å²) < 4.78 is 5.21. The molecule has 0 unspecified atom stereocenters. The maximum absolute atomic E-state index is 11.9. The normalized spacial score (nSPS) is 10.0. The van der Waals surface area contributed by atoms with Crippen LogP contribution in [0, 0.1) is 0 Å². The molecule has 5 nitrogen and oxygen atoms in total. The van der Waals surface area contributed by atoms with Crippen molar-refractivity contribution in [3.05, 3.63) is 64.7 Å². The summed E-state index contributed by atoms with van der Waals surface area (Å²) in [4.78, 5) is 23.7. The fourth-order valence-corrected chi connectivity index (χ4v) is 2.10. The largest absolute Gasteiger partial charge is 0.496 e. The Morgan fingerprint density at radius 1 is 1.04 bits per heavy atom. The van der Waals surface area contributed by atoms with E-state index in [4.69, 9.17) is 16.3 Å². The van der Waals surface area contributed by atoms with Gasteiger partial charge in [-0.15, -0.1) is 0 Å². The fourth-order valence-electron chi connectivity index (χ4n) is 1.97. The molecule has 23 heavy (non-hydrogen) atoms. The Labute approximate surface area is 139 Å². The van der Waals surface area contributed by atoms with Crippen molar-refractivity contribution in [2.75, 3.05) is 13.7 Å². The van der Waals surface area contributed by atoms with E-state index in [1.165, 1.54) is 0 Å². The standard InChI is InChI=1S/C17H17ClN2O3/c1-23-15-5-3-2-4-13(15)10-19-16(21)11-20-17(22)12-6-8-14(18)9-7-12/h2-9H,10-11H2,1H3,(H,19,21)(H,20,22). The van der Waals surface area contributed by atoms with Gasteiger partial charge in [0, 0.05) is 22.7 Å². The molecule has 0 aliphatic carbocycles. The molecule has 0 saturated heterocycles. The van der Waals surface area contributed by atoms with Crippen LogP contribution in [0.5, 0.6) is 5.75 Å². The minimum Gasteiger partial charge on any atom is -0.496 e. The van der Waals surface area contributed by atoms with Crippen molar-refractivity contribution in [2.24, 2.45) is 0 Å². The number of carbonyl (C=O) groups excluding carboxylic acids is 2. The minimum absolute atomic E-state index is 0.101. The first kappa shape index (κ1) is 16.8. The average Bonchev–Trinajstić information content (AvgIpc) is 2.58. The number of para-hydroxylation sites is 1. The second-order valence-electron chi connectivity index (χ2n) is 4.78. The monoisotopic (exact) mass is 332 g/mol. The van der Waals surface area contributed by atoms with Crippen LogP contribution < -0.4 is 15.4 Å². The number of methoxy groups -OCH3 is 1. The summed E-state index contributed by atoms with van der Waals surface area (Å²) in [5, 5.41) is 5.84. The minimum atomic E-state index is -0.325. The Morgan fingerprint density at radius 3 is 2.43 bits per heavy atom. The van der Waals surface area contributed by atoms with Gasteiger partial charge in [-0.2, -0.15) is 0 Å². The number of ether oxygens (including phenoxy) is 1. The highest BCUT2D eigenvalue weighted by molar-refractivity contribution is 6.30. The third-order valence-corrected chi connectivity index (χ3v) is 3.44. The molecule has 0 heterocycles. The van der Waals surface area contributed by atoms with Crippen molar-refractivity contribution < 1.29 is 14.3 Å². The van der Waals surface area contributed by atoms with Crippen LogP contribution in [0.15, 0.2) is 48.5 Å². The lowest BCUT2D eigenvalue weighted by atomic mass is 10.2. The molecule has 0 aromatic heterocycles. The topological polar surface area (TPSA) is 67.4 Å². The Bertz CT molecular complexity index is 686. The number of carbonyl (C=O) groups is 2. The highest BCUT2D eigenvalue weighted by Crippen LogP contribution is 2.16. The van der Waals surface area contributed by atoms with Crippen molar-refractivity contribution in [3.8, 4) is 5.75 Å². The van der Waals surface area contributed by atoms with Gasteiger partial charge >= 0.3 is 0 Å². The van der Waals surface area contributed by atoms with E-state index in [-0.39, 0.29) is 18.4 Å². The number of rotatable bonds is 6. The van der Waals surface area contributed by atoms with E-state index in [1.54, 1.807) is 31.4 Å². The van der Waals surface area contributed by atoms with E-state index in [0.29, 0.717) is 22.9 Å². The first-order valence-corrected chi connectivity index (χ1v) is 7.40. The van der Waals surface area contributed by atoms with E-state index < -0.39 is 0 Å². The number of nitrogens with one attached hydrogen (secondary N) is 2. The summed E-state index contributed by atoms with van der Waals surface area (Å²) in [6, 6.07) is 13.9. The van der Waals surface area contributed by atoms with Crippen molar-refractivity contribution in [3.63, 3.8) is 0 Å². The Kier molecular flexibility index (Phi) is 6.00. The van der Waals surface area contributed by atoms with Crippen molar-refractivity contribution in [1.29, 1.82) is 0 Å². The van der Waals surface area contributed by atoms with Gasteiger partial charge in [0.1, 0.15) is 5.75 Å². The van der Waals surface area contributed by atoms with Crippen LogP contribution in [-0.4, -0.2) is 25.5 Å². The van der Waals surface area contributed by atoms with Gasteiger partial charge in [0.15, 0.2) is 0 Å². The Balaban J connectivity index is 1.81. The number of amides is 2. The summed E-state index contributed by atoms with van der Waals surface area (Å²) in [6.07, 6.45) is 0. The van der Waals surface area contributed by atoms with Crippen LogP contribution >= 0.6 is 11.6 Å². The van der Waals surface area contributed by atoms with Crippen LogP contribution in [0.3, 0.4) is 0 Å². The van der Waals surface area contributed by atoms with E-state index >= 15 is 0 Å². The van der Waals surface area contributed by atoms with Gasteiger partial charge in [-0.3, -0.25) is 9.59 Å².